The Kier molecular flexibility index (Phi) is 6.11. The number of ether oxygens (including phenoxy) is 1. The van der Waals surface area contributed by atoms with Crippen molar-refractivity contribution in [3.05, 3.63) is 88.6 Å². The molecule has 3 aromatic rings. The summed E-state index contributed by atoms with van der Waals surface area (Å²) in [4.78, 5) is 0. The molecule has 4 heteroatoms. The molecule has 0 saturated heterocycles. The summed E-state index contributed by atoms with van der Waals surface area (Å²) >= 11 is 9.71. The van der Waals surface area contributed by atoms with E-state index in [0.29, 0.717) is 6.42 Å². The van der Waals surface area contributed by atoms with Gasteiger partial charge in [-0.05, 0) is 59.5 Å². The van der Waals surface area contributed by atoms with E-state index in [1.807, 2.05) is 36.4 Å². The van der Waals surface area contributed by atoms with Gasteiger partial charge in [-0.15, -0.1) is 0 Å². The quantitative estimate of drug-likeness (QED) is 0.398. The van der Waals surface area contributed by atoms with E-state index in [0.717, 1.165) is 33.3 Å². The molecule has 0 spiro atoms. The molecular weight excluding hydrogens is 403 g/mol. The second kappa shape index (κ2) is 8.50. The lowest BCUT2D eigenvalue weighted by molar-refractivity contribution is 0.270. The zero-order chi connectivity index (χ0) is 17.6. The van der Waals surface area contributed by atoms with E-state index in [1.165, 1.54) is 12.1 Å². The van der Waals surface area contributed by atoms with Gasteiger partial charge < -0.3 is 4.74 Å². The van der Waals surface area contributed by atoms with Crippen molar-refractivity contribution in [3.63, 3.8) is 0 Å². The molecule has 0 aliphatic heterocycles. The van der Waals surface area contributed by atoms with Crippen LogP contribution in [0, 0.1) is 5.82 Å². The van der Waals surface area contributed by atoms with Gasteiger partial charge >= 0.3 is 0 Å². The van der Waals surface area contributed by atoms with E-state index in [2.05, 4.69) is 28.1 Å². The highest BCUT2D eigenvalue weighted by Gasteiger charge is 2.07. The fourth-order valence-corrected chi connectivity index (χ4v) is 2.98. The van der Waals surface area contributed by atoms with Gasteiger partial charge in [-0.3, -0.25) is 0 Å². The van der Waals surface area contributed by atoms with Crippen LogP contribution in [-0.4, -0.2) is 5.56 Å². The Balaban J connectivity index is 1.55. The third-order valence-electron chi connectivity index (χ3n) is 3.87. The first kappa shape index (κ1) is 18.0. The van der Waals surface area contributed by atoms with Crippen LogP contribution in [0.2, 0.25) is 0 Å². The number of benzene rings is 3. The summed E-state index contributed by atoms with van der Waals surface area (Å²) in [7, 11) is 0. The van der Waals surface area contributed by atoms with Crippen molar-refractivity contribution in [2.75, 3.05) is 0 Å². The molecule has 0 saturated carbocycles. The largest absolute Gasteiger partial charge is 0.475 e. The van der Waals surface area contributed by atoms with Gasteiger partial charge in [0, 0.05) is 10.9 Å². The van der Waals surface area contributed by atoms with Crippen LogP contribution in [0.3, 0.4) is 0 Å². The molecule has 128 valence electrons. The number of hydrogen-bond acceptors (Lipinski definition) is 1. The molecule has 1 atom stereocenters. The lowest BCUT2D eigenvalue weighted by Gasteiger charge is -2.13. The molecule has 0 aliphatic carbocycles. The van der Waals surface area contributed by atoms with Gasteiger partial charge in [-0.1, -0.05) is 63.9 Å². The minimum atomic E-state index is -0.427. The third kappa shape index (κ3) is 5.32. The third-order valence-corrected chi connectivity index (χ3v) is 4.71. The maximum Gasteiger partial charge on any atom is 0.172 e. The average molecular weight is 420 g/mol. The van der Waals surface area contributed by atoms with Gasteiger partial charge in [-0.2, -0.15) is 0 Å². The standard InChI is InChI=1S/C21H17BrClFO/c22-18-8-4-16(5-9-18)17-6-12-20(13-7-17)25-21(23)14-3-15-1-10-19(24)11-2-15/h1-2,4-13,21H,3,14H2. The molecule has 0 N–H and O–H groups in total. The van der Waals surface area contributed by atoms with Crippen molar-refractivity contribution in [3.8, 4) is 16.9 Å². The Labute approximate surface area is 160 Å². The highest BCUT2D eigenvalue weighted by Crippen LogP contribution is 2.25. The summed E-state index contributed by atoms with van der Waals surface area (Å²) in [5.41, 5.74) is 2.88. The van der Waals surface area contributed by atoms with E-state index in [1.54, 1.807) is 12.1 Å². The lowest BCUT2D eigenvalue weighted by atomic mass is 10.1. The second-order valence-electron chi connectivity index (χ2n) is 5.72. The van der Waals surface area contributed by atoms with E-state index in [9.17, 15) is 4.39 Å². The maximum absolute atomic E-state index is 12.9. The molecule has 1 nitrogen and oxygen atoms in total. The van der Waals surface area contributed by atoms with Crippen LogP contribution >= 0.6 is 27.5 Å². The van der Waals surface area contributed by atoms with Gasteiger partial charge in [0.2, 0.25) is 0 Å². The predicted molar refractivity (Wildman–Crippen MR) is 105 cm³/mol. The SMILES string of the molecule is Fc1ccc(CCC(Cl)Oc2ccc(-c3ccc(Br)cc3)cc2)cc1. The summed E-state index contributed by atoms with van der Waals surface area (Å²) in [5, 5.41) is 0. The highest BCUT2D eigenvalue weighted by molar-refractivity contribution is 9.10. The van der Waals surface area contributed by atoms with Crippen molar-refractivity contribution in [2.24, 2.45) is 0 Å². The molecule has 0 aliphatic rings. The molecule has 25 heavy (non-hydrogen) atoms. The molecule has 3 rings (SSSR count). The van der Waals surface area contributed by atoms with Crippen LogP contribution in [0.25, 0.3) is 11.1 Å². The smallest absolute Gasteiger partial charge is 0.172 e. The predicted octanol–water partition coefficient (Wildman–Crippen LogP) is 6.83. The molecule has 0 heterocycles. The van der Waals surface area contributed by atoms with Crippen molar-refractivity contribution in [2.45, 2.75) is 18.4 Å². The lowest BCUT2D eigenvalue weighted by Crippen LogP contribution is -2.09. The Morgan fingerprint density at radius 1 is 0.840 bits per heavy atom. The van der Waals surface area contributed by atoms with E-state index in [4.69, 9.17) is 16.3 Å². The molecule has 0 fully saturated rings. The zero-order valence-corrected chi connectivity index (χ0v) is 15.8. The number of hydrogen-bond donors (Lipinski definition) is 0. The van der Waals surface area contributed by atoms with Crippen LogP contribution in [0.5, 0.6) is 5.75 Å². The summed E-state index contributed by atoms with van der Waals surface area (Å²) < 4.78 is 19.7. The molecular formula is C21H17BrClFO. The first-order valence-corrected chi connectivity index (χ1v) is 9.24. The van der Waals surface area contributed by atoms with Crippen molar-refractivity contribution >= 4 is 27.5 Å². The average Bonchev–Trinajstić information content (AvgIpc) is 2.63. The van der Waals surface area contributed by atoms with Crippen LogP contribution in [0.4, 0.5) is 4.39 Å². The van der Waals surface area contributed by atoms with Gasteiger partial charge in [0.15, 0.2) is 5.56 Å². The number of alkyl halides is 1. The highest BCUT2D eigenvalue weighted by atomic mass is 79.9. The van der Waals surface area contributed by atoms with E-state index < -0.39 is 5.56 Å². The minimum absolute atomic E-state index is 0.228. The second-order valence-corrected chi connectivity index (χ2v) is 7.13. The number of halogens is 3. The normalized spacial score (nSPS) is 12.0. The fraction of sp³-hybridized carbons (Fsp3) is 0.143. The molecule has 0 radical (unpaired) electrons. The Bertz CT molecular complexity index is 801. The first-order chi connectivity index (χ1) is 12.1. The minimum Gasteiger partial charge on any atom is -0.475 e. The number of rotatable bonds is 6. The molecule has 0 aromatic heterocycles. The summed E-state index contributed by atoms with van der Waals surface area (Å²) in [6, 6.07) is 22.5. The molecule has 0 bridgehead atoms. The summed E-state index contributed by atoms with van der Waals surface area (Å²) in [5.74, 6) is 0.508. The first-order valence-electron chi connectivity index (χ1n) is 8.01. The maximum atomic E-state index is 12.9. The monoisotopic (exact) mass is 418 g/mol. The fourth-order valence-electron chi connectivity index (χ4n) is 2.51. The van der Waals surface area contributed by atoms with E-state index in [-0.39, 0.29) is 5.82 Å². The number of aryl methyl sites for hydroxylation is 1. The Hall–Kier alpha value is -1.84. The zero-order valence-electron chi connectivity index (χ0n) is 13.5. The van der Waals surface area contributed by atoms with Crippen molar-refractivity contribution in [1.29, 1.82) is 0 Å². The topological polar surface area (TPSA) is 9.23 Å². The van der Waals surface area contributed by atoms with Crippen molar-refractivity contribution in [1.82, 2.24) is 0 Å². The van der Waals surface area contributed by atoms with Gasteiger partial charge in [0.05, 0.1) is 0 Å². The molecule has 1 unspecified atom stereocenters. The van der Waals surface area contributed by atoms with Crippen molar-refractivity contribution < 1.29 is 9.13 Å². The van der Waals surface area contributed by atoms with E-state index >= 15 is 0 Å². The van der Waals surface area contributed by atoms with Crippen LogP contribution in [-0.2, 0) is 6.42 Å². The molecule has 3 aromatic carbocycles. The Morgan fingerprint density at radius 2 is 1.40 bits per heavy atom. The van der Waals surface area contributed by atoms with Gasteiger partial charge in [-0.25, -0.2) is 4.39 Å². The molecule has 0 amide bonds. The summed E-state index contributed by atoms with van der Waals surface area (Å²) in [6.07, 6.45) is 1.40. The Morgan fingerprint density at radius 3 is 2.00 bits per heavy atom. The van der Waals surface area contributed by atoms with Gasteiger partial charge in [0.1, 0.15) is 11.6 Å². The van der Waals surface area contributed by atoms with Crippen LogP contribution < -0.4 is 4.74 Å². The summed E-state index contributed by atoms with van der Waals surface area (Å²) in [6.45, 7) is 0. The van der Waals surface area contributed by atoms with Crippen LogP contribution in [0.1, 0.15) is 12.0 Å². The van der Waals surface area contributed by atoms with Gasteiger partial charge in [0.25, 0.3) is 0 Å². The van der Waals surface area contributed by atoms with Crippen LogP contribution in [0.15, 0.2) is 77.3 Å².